The first-order chi connectivity index (χ1) is 6.33. The van der Waals surface area contributed by atoms with E-state index in [1.165, 1.54) is 0 Å². The van der Waals surface area contributed by atoms with Crippen molar-refractivity contribution in [1.29, 1.82) is 0 Å². The van der Waals surface area contributed by atoms with Gasteiger partial charge < -0.3 is 10.8 Å². The van der Waals surface area contributed by atoms with Crippen molar-refractivity contribution >= 4 is 10.9 Å². The number of aliphatic hydroxyl groups is 1. The van der Waals surface area contributed by atoms with Gasteiger partial charge in [0.2, 0.25) is 0 Å². The predicted molar refractivity (Wildman–Crippen MR) is 47.9 cm³/mol. The van der Waals surface area contributed by atoms with Gasteiger partial charge in [0.15, 0.2) is 0 Å². The van der Waals surface area contributed by atoms with Crippen LogP contribution in [0.5, 0.6) is 0 Å². The van der Waals surface area contributed by atoms with Gasteiger partial charge in [-0.1, -0.05) is 0 Å². The normalized spacial score (nSPS) is 13.4. The van der Waals surface area contributed by atoms with Crippen molar-refractivity contribution in [2.45, 2.75) is 6.10 Å². The highest BCUT2D eigenvalue weighted by atomic mass is 16.3. The van der Waals surface area contributed by atoms with Gasteiger partial charge in [0.25, 0.3) is 0 Å². The van der Waals surface area contributed by atoms with E-state index < -0.39 is 6.10 Å². The van der Waals surface area contributed by atoms with Crippen molar-refractivity contribution in [2.24, 2.45) is 5.73 Å². The molecule has 0 aliphatic heterocycles. The highest BCUT2D eigenvalue weighted by Gasteiger charge is 2.11. The van der Waals surface area contributed by atoms with Crippen molar-refractivity contribution in [3.63, 3.8) is 0 Å². The molecule has 0 aromatic carbocycles. The Kier molecular flexibility index (Phi) is 1.96. The van der Waals surface area contributed by atoms with Crippen molar-refractivity contribution < 1.29 is 5.11 Å². The Bertz CT molecular complexity index is 411. The van der Waals surface area contributed by atoms with Crippen LogP contribution in [-0.2, 0) is 0 Å². The fourth-order valence-corrected chi connectivity index (χ4v) is 1.26. The van der Waals surface area contributed by atoms with Crippen LogP contribution in [-0.4, -0.2) is 26.8 Å². The van der Waals surface area contributed by atoms with Gasteiger partial charge in [0, 0.05) is 18.1 Å². The van der Waals surface area contributed by atoms with Crippen molar-refractivity contribution in [2.75, 3.05) is 6.54 Å². The van der Waals surface area contributed by atoms with Gasteiger partial charge in [0.1, 0.15) is 11.6 Å². The Labute approximate surface area is 74.6 Å². The number of H-pyrrole nitrogens is 1. The van der Waals surface area contributed by atoms with Gasteiger partial charge in [-0.15, -0.1) is 0 Å². The molecule has 0 fully saturated rings. The molecular formula is C8H10N4O. The zero-order valence-corrected chi connectivity index (χ0v) is 6.94. The summed E-state index contributed by atoms with van der Waals surface area (Å²) >= 11 is 0. The highest BCUT2D eigenvalue weighted by molar-refractivity contribution is 5.80. The molecule has 0 saturated carbocycles. The number of aliphatic hydroxyl groups excluding tert-OH is 1. The summed E-state index contributed by atoms with van der Waals surface area (Å²) in [6.45, 7) is 0.180. The van der Waals surface area contributed by atoms with Crippen molar-refractivity contribution in [3.05, 3.63) is 24.2 Å². The molecule has 2 heterocycles. The Morgan fingerprint density at radius 3 is 3.23 bits per heavy atom. The van der Waals surface area contributed by atoms with Gasteiger partial charge >= 0.3 is 0 Å². The number of hydrogen-bond donors (Lipinski definition) is 3. The third kappa shape index (κ3) is 1.28. The average Bonchev–Trinajstić information content (AvgIpc) is 2.60. The lowest BCUT2D eigenvalue weighted by Crippen LogP contribution is -2.12. The molecule has 68 valence electrons. The van der Waals surface area contributed by atoms with E-state index in [4.69, 9.17) is 5.73 Å². The molecule has 2 aromatic heterocycles. The zero-order chi connectivity index (χ0) is 9.26. The highest BCUT2D eigenvalue weighted by Crippen LogP contribution is 2.19. The van der Waals surface area contributed by atoms with Crippen LogP contribution in [0.25, 0.3) is 10.9 Å². The quantitative estimate of drug-likeness (QED) is 0.601. The summed E-state index contributed by atoms with van der Waals surface area (Å²) in [4.78, 5) is 3.92. The van der Waals surface area contributed by atoms with Crippen LogP contribution in [0.4, 0.5) is 0 Å². The molecule has 0 aliphatic rings. The first-order valence-corrected chi connectivity index (χ1v) is 3.99. The van der Waals surface area contributed by atoms with E-state index >= 15 is 0 Å². The van der Waals surface area contributed by atoms with Crippen LogP contribution in [0.3, 0.4) is 0 Å². The second-order valence-corrected chi connectivity index (χ2v) is 2.78. The molecule has 0 aliphatic carbocycles. The summed E-state index contributed by atoms with van der Waals surface area (Å²) in [5, 5.41) is 17.1. The Hall–Kier alpha value is -1.46. The van der Waals surface area contributed by atoms with Crippen molar-refractivity contribution in [1.82, 2.24) is 15.2 Å². The topological polar surface area (TPSA) is 87.8 Å². The van der Waals surface area contributed by atoms with Gasteiger partial charge in [-0.2, -0.15) is 5.10 Å². The summed E-state index contributed by atoms with van der Waals surface area (Å²) in [7, 11) is 0. The smallest absolute Gasteiger partial charge is 0.111 e. The van der Waals surface area contributed by atoms with Gasteiger partial charge in [0.05, 0.1) is 11.9 Å². The van der Waals surface area contributed by atoms with Crippen LogP contribution in [0.2, 0.25) is 0 Å². The van der Waals surface area contributed by atoms with E-state index in [2.05, 4.69) is 15.2 Å². The molecule has 0 amide bonds. The van der Waals surface area contributed by atoms with Gasteiger partial charge in [-0.25, -0.2) is 0 Å². The third-order valence-corrected chi connectivity index (χ3v) is 1.94. The van der Waals surface area contributed by atoms with Crippen molar-refractivity contribution in [3.8, 4) is 0 Å². The number of fused-ring (bicyclic) bond motifs is 1. The van der Waals surface area contributed by atoms with Crippen LogP contribution in [0.1, 0.15) is 11.8 Å². The lowest BCUT2D eigenvalue weighted by molar-refractivity contribution is 0.183. The molecule has 5 nitrogen and oxygen atoms in total. The monoisotopic (exact) mass is 178 g/mol. The standard InChI is InChI=1S/C8H10N4O/c9-3-7(13)8-5-1-2-10-4-6(5)11-12-8/h1-2,4,7,13H,3,9H2,(H,11,12). The number of hydrogen-bond acceptors (Lipinski definition) is 4. The van der Waals surface area contributed by atoms with E-state index in [1.54, 1.807) is 18.5 Å². The van der Waals surface area contributed by atoms with E-state index in [9.17, 15) is 5.11 Å². The van der Waals surface area contributed by atoms with Crippen LogP contribution in [0, 0.1) is 0 Å². The molecule has 0 saturated heterocycles. The molecule has 0 bridgehead atoms. The number of nitrogens with two attached hydrogens (primary N) is 1. The molecular weight excluding hydrogens is 168 g/mol. The predicted octanol–water partition coefficient (Wildman–Crippen LogP) is -0.0500. The number of aromatic nitrogens is 3. The molecule has 4 N–H and O–H groups in total. The fourth-order valence-electron chi connectivity index (χ4n) is 1.26. The molecule has 0 spiro atoms. The number of aromatic amines is 1. The first-order valence-electron chi connectivity index (χ1n) is 3.99. The Morgan fingerprint density at radius 1 is 1.62 bits per heavy atom. The summed E-state index contributed by atoms with van der Waals surface area (Å²) in [5.41, 5.74) is 6.73. The molecule has 2 aromatic rings. The minimum Gasteiger partial charge on any atom is -0.385 e. The lowest BCUT2D eigenvalue weighted by Gasteiger charge is -2.03. The second kappa shape index (κ2) is 3.12. The fraction of sp³-hybridized carbons (Fsp3) is 0.250. The van der Waals surface area contributed by atoms with E-state index in [-0.39, 0.29) is 6.54 Å². The maximum absolute atomic E-state index is 9.50. The Morgan fingerprint density at radius 2 is 2.46 bits per heavy atom. The first kappa shape index (κ1) is 8.15. The summed E-state index contributed by atoms with van der Waals surface area (Å²) in [6, 6.07) is 1.80. The molecule has 1 atom stereocenters. The zero-order valence-electron chi connectivity index (χ0n) is 6.94. The summed E-state index contributed by atoms with van der Waals surface area (Å²) in [6.07, 6.45) is 2.61. The molecule has 5 heteroatoms. The number of rotatable bonds is 2. The van der Waals surface area contributed by atoms with Crippen LogP contribution < -0.4 is 5.73 Å². The molecule has 13 heavy (non-hydrogen) atoms. The molecule has 2 rings (SSSR count). The van der Waals surface area contributed by atoms with E-state index in [0.717, 1.165) is 10.9 Å². The number of nitrogens with zero attached hydrogens (tertiary/aromatic N) is 2. The van der Waals surface area contributed by atoms with Crippen LogP contribution >= 0.6 is 0 Å². The van der Waals surface area contributed by atoms with E-state index in [1.807, 2.05) is 0 Å². The third-order valence-electron chi connectivity index (χ3n) is 1.94. The second-order valence-electron chi connectivity index (χ2n) is 2.78. The van der Waals surface area contributed by atoms with Gasteiger partial charge in [-0.05, 0) is 6.07 Å². The lowest BCUT2D eigenvalue weighted by atomic mass is 10.2. The minimum atomic E-state index is -0.688. The largest absolute Gasteiger partial charge is 0.385 e. The SMILES string of the molecule is NCC(O)c1[nH]nc2cnccc12. The summed E-state index contributed by atoms with van der Waals surface area (Å²) < 4.78 is 0. The maximum atomic E-state index is 9.50. The van der Waals surface area contributed by atoms with Crippen LogP contribution in [0.15, 0.2) is 18.5 Å². The number of nitrogens with one attached hydrogen (secondary N) is 1. The molecule has 0 radical (unpaired) electrons. The average molecular weight is 178 g/mol. The Balaban J connectivity index is 2.57. The maximum Gasteiger partial charge on any atom is 0.111 e. The van der Waals surface area contributed by atoms with E-state index in [0.29, 0.717) is 5.69 Å². The van der Waals surface area contributed by atoms with Gasteiger partial charge in [-0.3, -0.25) is 10.1 Å². The number of pyridine rings is 1. The minimum absolute atomic E-state index is 0.180. The summed E-state index contributed by atoms with van der Waals surface area (Å²) in [5.74, 6) is 0. The molecule has 1 unspecified atom stereocenters.